The Bertz CT molecular complexity index is 600. The number of aliphatic carboxylic acids is 1. The van der Waals surface area contributed by atoms with Crippen LogP contribution in [0.4, 0.5) is 0 Å². The first-order valence-corrected chi connectivity index (χ1v) is 7.03. The molecule has 1 atom stereocenters. The number of aryl methyl sites for hydroxylation is 1. The van der Waals surface area contributed by atoms with Gasteiger partial charge in [0.1, 0.15) is 0 Å². The Morgan fingerprint density at radius 3 is 2.55 bits per heavy atom. The molecule has 2 rings (SSSR count). The highest BCUT2D eigenvalue weighted by Gasteiger charge is 2.38. The first-order chi connectivity index (χ1) is 9.23. The van der Waals surface area contributed by atoms with Gasteiger partial charge in [-0.1, -0.05) is 13.8 Å². The lowest BCUT2D eigenvalue weighted by atomic mass is 9.98. The maximum atomic E-state index is 12.1. The van der Waals surface area contributed by atoms with Crippen molar-refractivity contribution in [1.82, 2.24) is 9.55 Å². The van der Waals surface area contributed by atoms with Gasteiger partial charge in [-0.25, -0.2) is 4.79 Å². The average Bonchev–Trinajstić information content (AvgIpc) is 3.08. The van der Waals surface area contributed by atoms with Crippen LogP contribution in [0.25, 0.3) is 0 Å². The second-order valence-corrected chi connectivity index (χ2v) is 6.38. The van der Waals surface area contributed by atoms with E-state index >= 15 is 0 Å². The molecular weight excluding hydrogens is 256 g/mol. The van der Waals surface area contributed by atoms with Gasteiger partial charge in [0.2, 0.25) is 0 Å². The molecule has 0 bridgehead atoms. The molecule has 0 amide bonds. The van der Waals surface area contributed by atoms with Gasteiger partial charge in [-0.05, 0) is 44.1 Å². The Balaban J connectivity index is 2.38. The summed E-state index contributed by atoms with van der Waals surface area (Å²) in [5.74, 6) is -1.30. The minimum Gasteiger partial charge on any atom is -0.481 e. The molecule has 5 heteroatoms. The lowest BCUT2D eigenvalue weighted by Crippen LogP contribution is -2.31. The molecule has 0 radical (unpaired) electrons. The van der Waals surface area contributed by atoms with Crippen molar-refractivity contribution in [3.05, 3.63) is 27.4 Å². The summed E-state index contributed by atoms with van der Waals surface area (Å²) in [6.45, 7) is 8.20. The average molecular weight is 278 g/mol. The predicted octanol–water partition coefficient (Wildman–Crippen LogP) is 1.92. The van der Waals surface area contributed by atoms with E-state index in [9.17, 15) is 9.59 Å². The molecular formula is C15H22N2O3. The first kappa shape index (κ1) is 14.8. The van der Waals surface area contributed by atoms with Crippen molar-refractivity contribution in [2.45, 2.75) is 53.5 Å². The van der Waals surface area contributed by atoms with Crippen molar-refractivity contribution >= 4 is 5.97 Å². The molecule has 0 aliphatic heterocycles. The van der Waals surface area contributed by atoms with Gasteiger partial charge in [0, 0.05) is 17.9 Å². The van der Waals surface area contributed by atoms with Crippen molar-refractivity contribution in [1.29, 1.82) is 0 Å². The zero-order chi connectivity index (χ0) is 15.1. The Kier molecular flexibility index (Phi) is 3.71. The highest BCUT2D eigenvalue weighted by atomic mass is 16.4. The van der Waals surface area contributed by atoms with Crippen molar-refractivity contribution in [3.8, 4) is 0 Å². The summed E-state index contributed by atoms with van der Waals surface area (Å²) >= 11 is 0. The Labute approximate surface area is 118 Å². The fourth-order valence-electron chi connectivity index (χ4n) is 2.47. The van der Waals surface area contributed by atoms with E-state index in [-0.39, 0.29) is 11.1 Å². The monoisotopic (exact) mass is 278 g/mol. The molecule has 0 spiro atoms. The molecule has 1 aromatic heterocycles. The second kappa shape index (κ2) is 5.04. The minimum absolute atomic E-state index is 0.210. The van der Waals surface area contributed by atoms with E-state index in [1.54, 1.807) is 18.4 Å². The van der Waals surface area contributed by atoms with Gasteiger partial charge >= 0.3 is 11.7 Å². The summed E-state index contributed by atoms with van der Waals surface area (Å²) in [4.78, 5) is 27.2. The molecule has 0 aromatic carbocycles. The molecule has 1 fully saturated rings. The Morgan fingerprint density at radius 1 is 1.45 bits per heavy atom. The summed E-state index contributed by atoms with van der Waals surface area (Å²) in [5.41, 5.74) is 2.39. The zero-order valence-corrected chi connectivity index (χ0v) is 12.6. The van der Waals surface area contributed by atoms with Crippen LogP contribution < -0.4 is 5.69 Å². The molecule has 20 heavy (non-hydrogen) atoms. The van der Waals surface area contributed by atoms with Crippen molar-refractivity contribution in [2.24, 2.45) is 11.3 Å². The molecule has 1 aromatic rings. The number of carboxylic acid groups (broad SMARTS) is 1. The number of hydrogen-bond donors (Lipinski definition) is 1. The fourth-order valence-corrected chi connectivity index (χ4v) is 2.47. The van der Waals surface area contributed by atoms with Gasteiger partial charge in [0.05, 0.1) is 5.92 Å². The Hall–Kier alpha value is -1.65. The van der Waals surface area contributed by atoms with E-state index < -0.39 is 11.9 Å². The van der Waals surface area contributed by atoms with Crippen LogP contribution in [0.15, 0.2) is 4.79 Å². The number of carboxylic acids is 1. The largest absolute Gasteiger partial charge is 0.481 e. The van der Waals surface area contributed by atoms with E-state index in [0.717, 1.165) is 24.1 Å². The maximum Gasteiger partial charge on any atom is 0.347 e. The third-order valence-corrected chi connectivity index (χ3v) is 4.35. The summed E-state index contributed by atoms with van der Waals surface area (Å²) in [6, 6.07) is 0. The Morgan fingerprint density at radius 2 is 2.05 bits per heavy atom. The minimum atomic E-state index is -0.823. The summed E-state index contributed by atoms with van der Waals surface area (Å²) in [5, 5.41) is 9.06. The number of rotatable bonds is 5. The number of aromatic nitrogens is 2. The second-order valence-electron chi connectivity index (χ2n) is 6.38. The smallest absolute Gasteiger partial charge is 0.347 e. The molecule has 5 nitrogen and oxygen atoms in total. The molecule has 1 aliphatic carbocycles. The third kappa shape index (κ3) is 2.92. The molecule has 1 N–H and O–H groups in total. The maximum absolute atomic E-state index is 12.1. The van der Waals surface area contributed by atoms with Gasteiger partial charge in [-0.3, -0.25) is 9.36 Å². The van der Waals surface area contributed by atoms with Gasteiger partial charge in [-0.15, -0.1) is 0 Å². The zero-order valence-electron chi connectivity index (χ0n) is 12.6. The van der Waals surface area contributed by atoms with E-state index in [0.29, 0.717) is 18.7 Å². The van der Waals surface area contributed by atoms with Crippen LogP contribution in [0, 0.1) is 25.2 Å². The normalized spacial score (nSPS) is 17.8. The quantitative estimate of drug-likeness (QED) is 0.893. The summed E-state index contributed by atoms with van der Waals surface area (Å²) in [7, 11) is 0. The van der Waals surface area contributed by atoms with Crippen molar-refractivity contribution in [3.63, 3.8) is 0 Å². The SMILES string of the molecule is Cc1nc(=O)n(CC2(C)CC2)c(C)c1CC(C)C(=O)O. The van der Waals surface area contributed by atoms with Crippen LogP contribution >= 0.6 is 0 Å². The molecule has 0 saturated heterocycles. The van der Waals surface area contributed by atoms with Crippen LogP contribution in [0.1, 0.15) is 43.6 Å². The van der Waals surface area contributed by atoms with E-state index in [4.69, 9.17) is 5.11 Å². The van der Waals surface area contributed by atoms with Crippen molar-refractivity contribution in [2.75, 3.05) is 0 Å². The van der Waals surface area contributed by atoms with Gasteiger partial charge in [0.15, 0.2) is 0 Å². The van der Waals surface area contributed by atoms with Crippen LogP contribution in [-0.4, -0.2) is 20.6 Å². The topological polar surface area (TPSA) is 72.2 Å². The molecule has 1 saturated carbocycles. The number of nitrogens with zero attached hydrogens (tertiary/aromatic N) is 2. The predicted molar refractivity (Wildman–Crippen MR) is 75.8 cm³/mol. The van der Waals surface area contributed by atoms with Crippen LogP contribution in [0.5, 0.6) is 0 Å². The van der Waals surface area contributed by atoms with E-state index in [1.165, 1.54) is 0 Å². The van der Waals surface area contributed by atoms with Gasteiger partial charge < -0.3 is 5.11 Å². The standard InChI is InChI=1S/C15H22N2O3/c1-9(13(18)19)7-12-10(2)16-14(20)17(11(12)3)8-15(4)5-6-15/h9H,5-8H2,1-4H3,(H,18,19). The molecule has 110 valence electrons. The van der Waals surface area contributed by atoms with E-state index in [2.05, 4.69) is 11.9 Å². The summed E-state index contributed by atoms with van der Waals surface area (Å²) in [6.07, 6.45) is 2.68. The summed E-state index contributed by atoms with van der Waals surface area (Å²) < 4.78 is 1.71. The molecule has 1 heterocycles. The molecule has 1 aliphatic rings. The van der Waals surface area contributed by atoms with E-state index in [1.807, 2.05) is 6.92 Å². The van der Waals surface area contributed by atoms with Gasteiger partial charge in [0.25, 0.3) is 0 Å². The van der Waals surface area contributed by atoms with Crippen molar-refractivity contribution < 1.29 is 9.90 Å². The van der Waals surface area contributed by atoms with Crippen LogP contribution in [-0.2, 0) is 17.8 Å². The fraction of sp³-hybridized carbons (Fsp3) is 0.667. The van der Waals surface area contributed by atoms with Crippen LogP contribution in [0.3, 0.4) is 0 Å². The third-order valence-electron chi connectivity index (χ3n) is 4.35. The first-order valence-electron chi connectivity index (χ1n) is 7.03. The molecule has 1 unspecified atom stereocenters. The van der Waals surface area contributed by atoms with Gasteiger partial charge in [-0.2, -0.15) is 4.98 Å². The number of hydrogen-bond acceptors (Lipinski definition) is 3. The lowest BCUT2D eigenvalue weighted by Gasteiger charge is -2.19. The highest BCUT2D eigenvalue weighted by Crippen LogP contribution is 2.46. The highest BCUT2D eigenvalue weighted by molar-refractivity contribution is 5.70. The van der Waals surface area contributed by atoms with Crippen LogP contribution in [0.2, 0.25) is 0 Å². The number of carbonyl (C=O) groups is 1. The lowest BCUT2D eigenvalue weighted by molar-refractivity contribution is -0.141.